The fourth-order valence-corrected chi connectivity index (χ4v) is 4.91. The number of alkyl halides is 1. The summed E-state index contributed by atoms with van der Waals surface area (Å²) in [6.07, 6.45) is 0.980. The van der Waals surface area contributed by atoms with E-state index in [0.29, 0.717) is 0 Å². The van der Waals surface area contributed by atoms with Crippen LogP contribution in [0, 0.1) is 20.2 Å². The number of nitro benzene ring substituents is 1. The van der Waals surface area contributed by atoms with Crippen LogP contribution in [0.4, 0.5) is 5.69 Å². The maximum Gasteiger partial charge on any atom is 1.00 e. The van der Waals surface area contributed by atoms with Gasteiger partial charge < -0.3 is 17.8 Å². The van der Waals surface area contributed by atoms with E-state index < -0.39 is 49.5 Å². The van der Waals surface area contributed by atoms with Crippen LogP contribution in [-0.2, 0) is 4.79 Å². The minimum atomic E-state index is -1.30. The summed E-state index contributed by atoms with van der Waals surface area (Å²) in [4.78, 5) is 44.5. The minimum Gasteiger partial charge on any atom is -1.00 e. The predicted molar refractivity (Wildman–Crippen MR) is 120 cm³/mol. The number of aromatic hydroxyl groups is 1. The fourth-order valence-electron chi connectivity index (χ4n) is 3.80. The summed E-state index contributed by atoms with van der Waals surface area (Å²) in [5, 5.41) is 43.0. The number of ketones is 1. The fraction of sp³-hybridized carbons (Fsp3) is 0.100. The number of halogens is 2. The Balaban J connectivity index is 0.00000324. The van der Waals surface area contributed by atoms with Gasteiger partial charge in [-0.2, -0.15) is 0 Å². The van der Waals surface area contributed by atoms with Crippen molar-refractivity contribution in [2.45, 2.75) is 10.7 Å². The van der Waals surface area contributed by atoms with Crippen molar-refractivity contribution in [3.63, 3.8) is 0 Å². The number of ether oxygens (including phenoxy) is 1. The van der Waals surface area contributed by atoms with Crippen molar-refractivity contribution in [1.29, 1.82) is 0 Å². The second kappa shape index (κ2) is 11.2. The number of rotatable bonds is 4. The van der Waals surface area contributed by atoms with Gasteiger partial charge in [-0.1, -0.05) is 34.1 Å². The molecule has 2 aromatic carbocycles. The maximum absolute atomic E-state index is 12.5. The van der Waals surface area contributed by atoms with Crippen LogP contribution >= 0.6 is 31.9 Å². The van der Waals surface area contributed by atoms with Crippen LogP contribution in [0.1, 0.15) is 30.3 Å². The molecule has 4 rings (SSSR count). The number of carbonyl (C=O) groups is 2. The summed E-state index contributed by atoms with van der Waals surface area (Å²) in [7, 11) is 0. The number of hydrogen-bond donors (Lipinski definition) is 2. The van der Waals surface area contributed by atoms with Gasteiger partial charge in [0.2, 0.25) is 5.75 Å². The van der Waals surface area contributed by atoms with Crippen LogP contribution in [0.25, 0.3) is 0 Å². The van der Waals surface area contributed by atoms with E-state index in [2.05, 4.69) is 31.9 Å². The monoisotopic (exact) mass is 628 g/mol. The van der Waals surface area contributed by atoms with Gasteiger partial charge in [0, 0.05) is 29.2 Å². The molecule has 1 heterocycles. The second-order valence-corrected chi connectivity index (χ2v) is 8.70. The molecule has 0 aromatic heterocycles. The van der Waals surface area contributed by atoms with Gasteiger partial charge in [-0.25, -0.2) is 4.79 Å². The molecule has 2 atom stereocenters. The second-order valence-electron chi connectivity index (χ2n) is 6.99. The summed E-state index contributed by atoms with van der Waals surface area (Å²) in [6.45, 7) is 0. The third-order valence-corrected chi connectivity index (χ3v) is 6.79. The zero-order chi connectivity index (χ0) is 24.2. The molecule has 0 bridgehead atoms. The number of phenols is 1. The summed E-state index contributed by atoms with van der Waals surface area (Å²) < 4.78 is 5.63. The third-order valence-electron chi connectivity index (χ3n) is 5.22. The van der Waals surface area contributed by atoms with Gasteiger partial charge in [0.05, 0.1) is 15.4 Å². The Labute approximate surface area is 260 Å². The van der Waals surface area contributed by atoms with E-state index in [0.717, 1.165) is 12.1 Å². The Morgan fingerprint density at radius 1 is 1.11 bits per heavy atom. The maximum atomic E-state index is 12.5. The number of nitro groups is 2. The van der Waals surface area contributed by atoms with Crippen molar-refractivity contribution in [2.24, 2.45) is 0 Å². The number of carbonyl (C=O) groups excluding carboxylic acids is 1. The molecule has 0 fully saturated rings. The van der Waals surface area contributed by atoms with E-state index in [4.69, 9.17) is 4.74 Å². The molecule has 11 nitrogen and oxygen atoms in total. The Morgan fingerprint density at radius 3 is 2.31 bits per heavy atom. The van der Waals surface area contributed by atoms with Crippen LogP contribution in [0.5, 0.6) is 11.5 Å². The first-order valence-electron chi connectivity index (χ1n) is 9.02. The Bertz CT molecular complexity index is 1370. The number of fused-ring (bicyclic) bond motifs is 1. The normalized spacial score (nSPS) is 18.1. The van der Waals surface area contributed by atoms with Crippen LogP contribution < -0.4 is 63.9 Å². The Morgan fingerprint density at radius 2 is 1.74 bits per heavy atom. The average molecular weight is 630 g/mol. The molecule has 2 aliphatic rings. The molecule has 0 amide bonds. The number of carboxylic acid groups (broad SMARTS) is 1. The largest absolute Gasteiger partial charge is 1.00 e. The Hall–Kier alpha value is -1.58. The SMILES string of the molecule is O=C(O)c1ccccc1C1C2=C(Oc3c1cc([N+](=O)[O-])c(O)c3Br)C(Br)C(=O)C([N+](=O)[O-])=C2.[H-].[H-].[Na+].[Na+]. The van der Waals surface area contributed by atoms with E-state index >= 15 is 0 Å². The number of Topliss-reactive ketones (excluding diaryl/α,β-unsaturated/α-hetero) is 1. The molecule has 0 spiro atoms. The third kappa shape index (κ3) is 5.01. The number of benzene rings is 2. The molecule has 0 saturated carbocycles. The van der Waals surface area contributed by atoms with E-state index in [-0.39, 0.29) is 100 Å². The van der Waals surface area contributed by atoms with E-state index in [1.807, 2.05) is 0 Å². The molecule has 0 radical (unpaired) electrons. The van der Waals surface area contributed by atoms with Gasteiger partial charge in [0.15, 0.2) is 0 Å². The number of phenolic OH excluding ortho intramolecular Hbond substituents is 1. The smallest absolute Gasteiger partial charge is 1.00 e. The van der Waals surface area contributed by atoms with Crippen molar-refractivity contribution in [2.75, 3.05) is 0 Å². The number of nitrogens with zero attached hydrogens (tertiary/aromatic N) is 2. The van der Waals surface area contributed by atoms with Crippen molar-refractivity contribution in [3.05, 3.63) is 94.8 Å². The van der Waals surface area contributed by atoms with Crippen LogP contribution in [0.3, 0.4) is 0 Å². The number of aromatic carboxylic acids is 1. The first kappa shape index (κ1) is 29.6. The molecule has 15 heteroatoms. The molecule has 172 valence electrons. The van der Waals surface area contributed by atoms with Gasteiger partial charge >= 0.3 is 76.5 Å². The standard InChI is InChI=1S/C20H10Br2N2O9.2Na.2H/c21-14-16(25)11(23(29)30)5-9-13(7-3-1-2-4-8(7)20(27)28)10-6-12(24(31)32)17(26)15(22)19(10)33-18(9)14;;;;/h1-6,13-14,26H,(H,27,28);;;;/q;2*+1;2*-1. The zero-order valence-electron chi connectivity index (χ0n) is 20.0. The number of allylic oxidation sites excluding steroid dienone is 4. The molecule has 2 unspecified atom stereocenters. The summed E-state index contributed by atoms with van der Waals surface area (Å²) >= 11 is 6.18. The van der Waals surface area contributed by atoms with Gasteiger partial charge in [0.25, 0.3) is 5.78 Å². The summed E-state index contributed by atoms with van der Waals surface area (Å²) in [6, 6.07) is 6.81. The molecule has 2 N–H and O–H groups in total. The zero-order valence-corrected chi connectivity index (χ0v) is 25.2. The van der Waals surface area contributed by atoms with Crippen molar-refractivity contribution in [3.8, 4) is 11.5 Å². The van der Waals surface area contributed by atoms with Crippen molar-refractivity contribution >= 4 is 49.3 Å². The summed E-state index contributed by atoms with van der Waals surface area (Å²) in [5.41, 5.74) is -1.29. The van der Waals surface area contributed by atoms with Crippen LogP contribution in [0.15, 0.2) is 57.9 Å². The van der Waals surface area contributed by atoms with Crippen LogP contribution in [-0.4, -0.2) is 36.6 Å². The van der Waals surface area contributed by atoms with E-state index in [9.17, 15) is 40.0 Å². The van der Waals surface area contributed by atoms with Gasteiger partial charge in [-0.05, 0) is 27.6 Å². The number of carboxylic acids is 1. The van der Waals surface area contributed by atoms with E-state index in [1.54, 1.807) is 6.07 Å². The average Bonchev–Trinajstić information content (AvgIpc) is 2.77. The molecule has 1 aliphatic heterocycles. The first-order valence-corrected chi connectivity index (χ1v) is 10.7. The first-order chi connectivity index (χ1) is 15.5. The Kier molecular flexibility index (Phi) is 9.50. The predicted octanol–water partition coefficient (Wildman–Crippen LogP) is -1.72. The molecular weight excluding hydrogens is 618 g/mol. The van der Waals surface area contributed by atoms with Gasteiger partial charge in [-0.15, -0.1) is 0 Å². The molecule has 0 saturated heterocycles. The van der Waals surface area contributed by atoms with Crippen molar-refractivity contribution in [1.82, 2.24) is 0 Å². The van der Waals surface area contributed by atoms with Gasteiger partial charge in [0.1, 0.15) is 20.8 Å². The van der Waals surface area contributed by atoms with Gasteiger partial charge in [-0.3, -0.25) is 25.0 Å². The minimum absolute atomic E-state index is 0. The molecule has 1 aliphatic carbocycles. The number of hydrogen-bond acceptors (Lipinski definition) is 8. The topological polar surface area (TPSA) is 170 Å². The summed E-state index contributed by atoms with van der Waals surface area (Å²) in [5.74, 6) is -4.17. The van der Waals surface area contributed by atoms with Crippen LogP contribution in [0.2, 0.25) is 0 Å². The van der Waals surface area contributed by atoms with E-state index in [1.165, 1.54) is 18.2 Å². The molecular formula is C20H12Br2N2Na2O9. The quantitative estimate of drug-likeness (QED) is 0.173. The molecule has 2 aromatic rings. The van der Waals surface area contributed by atoms with Crippen molar-refractivity contribution < 1.29 is 96.4 Å². The molecule has 35 heavy (non-hydrogen) atoms.